The molecular formula is C18H19NO4S. The van der Waals surface area contributed by atoms with Gasteiger partial charge in [-0.3, -0.25) is 0 Å². The van der Waals surface area contributed by atoms with E-state index in [1.165, 1.54) is 0 Å². The highest BCUT2D eigenvalue weighted by atomic mass is 32.2. The Kier molecular flexibility index (Phi) is 3.54. The Labute approximate surface area is 141 Å². The van der Waals surface area contributed by atoms with Gasteiger partial charge in [0.25, 0.3) is 0 Å². The van der Waals surface area contributed by atoms with E-state index in [0.29, 0.717) is 22.9 Å². The first-order valence-electron chi connectivity index (χ1n) is 7.92. The average molecular weight is 345 g/mol. The third-order valence-electron chi connectivity index (χ3n) is 4.86. The van der Waals surface area contributed by atoms with Crippen LogP contribution in [0.3, 0.4) is 0 Å². The van der Waals surface area contributed by atoms with Crippen molar-refractivity contribution in [2.75, 3.05) is 13.3 Å². The minimum absolute atomic E-state index is 0.0725. The van der Waals surface area contributed by atoms with Crippen molar-refractivity contribution in [2.24, 2.45) is 11.7 Å². The molecule has 4 rings (SSSR count). The van der Waals surface area contributed by atoms with Crippen LogP contribution < -0.4 is 15.2 Å². The van der Waals surface area contributed by atoms with Crippen molar-refractivity contribution in [1.82, 2.24) is 0 Å². The number of rotatable bonds is 4. The van der Waals surface area contributed by atoms with Crippen molar-refractivity contribution in [1.29, 1.82) is 0 Å². The fraction of sp³-hybridized carbons (Fsp3) is 0.333. The molecule has 0 radical (unpaired) electrons. The van der Waals surface area contributed by atoms with E-state index >= 15 is 0 Å². The second-order valence-electron chi connectivity index (χ2n) is 6.36. The molecule has 3 atom stereocenters. The molecule has 0 saturated heterocycles. The minimum Gasteiger partial charge on any atom is -0.454 e. The highest BCUT2D eigenvalue weighted by Crippen LogP contribution is 2.54. The van der Waals surface area contributed by atoms with Crippen molar-refractivity contribution >= 4 is 9.84 Å². The molecule has 0 amide bonds. The lowest BCUT2D eigenvalue weighted by atomic mass is 10.1. The Morgan fingerprint density at radius 1 is 1.08 bits per heavy atom. The van der Waals surface area contributed by atoms with Gasteiger partial charge in [-0.05, 0) is 49.2 Å². The van der Waals surface area contributed by atoms with E-state index in [1.54, 1.807) is 12.1 Å². The molecule has 1 aliphatic heterocycles. The second kappa shape index (κ2) is 5.50. The molecule has 2 aromatic carbocycles. The third-order valence-corrected chi connectivity index (χ3v) is 7.15. The van der Waals surface area contributed by atoms with Crippen LogP contribution >= 0.6 is 0 Å². The van der Waals surface area contributed by atoms with E-state index in [9.17, 15) is 8.42 Å². The SMILES string of the molecule is Cc1ccc(S(=O)(=O)[C@H]2[C@H](CN)[C@@H]2c2ccc3c(c2)OCO3)cc1. The zero-order chi connectivity index (χ0) is 16.9. The van der Waals surface area contributed by atoms with Crippen molar-refractivity contribution in [2.45, 2.75) is 23.0 Å². The summed E-state index contributed by atoms with van der Waals surface area (Å²) in [6.07, 6.45) is 0. The van der Waals surface area contributed by atoms with Crippen LogP contribution in [-0.4, -0.2) is 27.0 Å². The average Bonchev–Trinajstić information content (AvgIpc) is 3.15. The fourth-order valence-electron chi connectivity index (χ4n) is 3.49. The number of hydrogen-bond donors (Lipinski definition) is 1. The van der Waals surface area contributed by atoms with Crippen LogP contribution in [0, 0.1) is 12.8 Å². The Hall–Kier alpha value is -2.05. The first-order valence-corrected chi connectivity index (χ1v) is 9.47. The summed E-state index contributed by atoms with van der Waals surface area (Å²) in [5.41, 5.74) is 7.82. The molecule has 5 nitrogen and oxygen atoms in total. The smallest absolute Gasteiger partial charge is 0.231 e. The number of nitrogens with two attached hydrogens (primary N) is 1. The van der Waals surface area contributed by atoms with Crippen molar-refractivity contribution in [3.05, 3.63) is 53.6 Å². The summed E-state index contributed by atoms with van der Waals surface area (Å²) in [6.45, 7) is 2.48. The summed E-state index contributed by atoms with van der Waals surface area (Å²) >= 11 is 0. The van der Waals surface area contributed by atoms with E-state index in [0.717, 1.165) is 11.1 Å². The first-order chi connectivity index (χ1) is 11.5. The summed E-state index contributed by atoms with van der Waals surface area (Å²) in [4.78, 5) is 0.361. The van der Waals surface area contributed by atoms with Crippen LogP contribution in [0.4, 0.5) is 0 Å². The molecule has 1 saturated carbocycles. The zero-order valence-electron chi connectivity index (χ0n) is 13.3. The molecule has 2 N–H and O–H groups in total. The summed E-state index contributed by atoms with van der Waals surface area (Å²) in [6, 6.07) is 12.6. The molecular weight excluding hydrogens is 326 g/mol. The second-order valence-corrected chi connectivity index (χ2v) is 8.47. The van der Waals surface area contributed by atoms with E-state index in [2.05, 4.69) is 0 Å². The Morgan fingerprint density at radius 2 is 1.79 bits per heavy atom. The molecule has 2 aliphatic rings. The molecule has 1 aliphatic carbocycles. The molecule has 0 aromatic heterocycles. The molecule has 2 aromatic rings. The third kappa shape index (κ3) is 2.37. The zero-order valence-corrected chi connectivity index (χ0v) is 14.1. The van der Waals surface area contributed by atoms with Gasteiger partial charge in [0.1, 0.15) is 0 Å². The maximum Gasteiger partial charge on any atom is 0.231 e. The Balaban J connectivity index is 1.67. The molecule has 126 valence electrons. The first kappa shape index (κ1) is 15.5. The molecule has 0 spiro atoms. The normalized spacial score (nSPS) is 24.8. The Morgan fingerprint density at radius 3 is 2.50 bits per heavy atom. The topological polar surface area (TPSA) is 78.6 Å². The monoisotopic (exact) mass is 345 g/mol. The number of aryl methyl sites for hydroxylation is 1. The fourth-order valence-corrected chi connectivity index (χ4v) is 5.71. The van der Waals surface area contributed by atoms with Crippen molar-refractivity contribution in [3.8, 4) is 11.5 Å². The lowest BCUT2D eigenvalue weighted by molar-refractivity contribution is 0.174. The standard InChI is InChI=1S/C18H19NO4S/c1-11-2-5-13(6-3-11)24(20,21)18-14(9-19)17(18)12-4-7-15-16(8-12)23-10-22-15/h2-8,14,17-18H,9-10,19H2,1H3/t14-,17+,18+/m1/s1. The summed E-state index contributed by atoms with van der Waals surface area (Å²) < 4.78 is 36.7. The molecule has 6 heteroatoms. The van der Waals surface area contributed by atoms with Crippen LogP contribution in [0.15, 0.2) is 47.4 Å². The molecule has 1 fully saturated rings. The number of fused-ring (bicyclic) bond motifs is 1. The van der Waals surface area contributed by atoms with Gasteiger partial charge in [0.05, 0.1) is 10.1 Å². The van der Waals surface area contributed by atoms with E-state index in [-0.39, 0.29) is 18.6 Å². The maximum absolute atomic E-state index is 13.0. The lowest BCUT2D eigenvalue weighted by Crippen LogP contribution is -2.13. The van der Waals surface area contributed by atoms with Crippen LogP contribution in [0.1, 0.15) is 17.0 Å². The number of sulfone groups is 1. The molecule has 1 heterocycles. The summed E-state index contributed by atoms with van der Waals surface area (Å²) in [5.74, 6) is 1.19. The predicted molar refractivity (Wildman–Crippen MR) is 90.0 cm³/mol. The lowest BCUT2D eigenvalue weighted by Gasteiger charge is -2.05. The van der Waals surface area contributed by atoms with E-state index in [4.69, 9.17) is 15.2 Å². The van der Waals surface area contributed by atoms with Gasteiger partial charge in [-0.15, -0.1) is 0 Å². The number of hydrogen-bond acceptors (Lipinski definition) is 5. The van der Waals surface area contributed by atoms with Gasteiger partial charge in [0.2, 0.25) is 6.79 Å². The molecule has 0 bridgehead atoms. The number of benzene rings is 2. The Bertz CT molecular complexity index is 876. The summed E-state index contributed by atoms with van der Waals surface area (Å²) in [5, 5.41) is -0.481. The van der Waals surface area contributed by atoms with Gasteiger partial charge in [0, 0.05) is 5.92 Å². The van der Waals surface area contributed by atoms with Gasteiger partial charge in [-0.1, -0.05) is 23.8 Å². The minimum atomic E-state index is -3.41. The van der Waals surface area contributed by atoms with Gasteiger partial charge >= 0.3 is 0 Å². The van der Waals surface area contributed by atoms with Gasteiger partial charge in [-0.25, -0.2) is 8.42 Å². The van der Waals surface area contributed by atoms with Gasteiger partial charge in [0.15, 0.2) is 21.3 Å². The number of ether oxygens (including phenoxy) is 2. The van der Waals surface area contributed by atoms with E-state index < -0.39 is 15.1 Å². The van der Waals surface area contributed by atoms with Gasteiger partial charge in [-0.2, -0.15) is 0 Å². The highest BCUT2D eigenvalue weighted by Gasteiger charge is 2.58. The van der Waals surface area contributed by atoms with Crippen LogP contribution in [0.5, 0.6) is 11.5 Å². The maximum atomic E-state index is 13.0. The largest absolute Gasteiger partial charge is 0.454 e. The van der Waals surface area contributed by atoms with E-state index in [1.807, 2.05) is 37.3 Å². The summed E-state index contributed by atoms with van der Waals surface area (Å²) in [7, 11) is -3.41. The van der Waals surface area contributed by atoms with Gasteiger partial charge < -0.3 is 15.2 Å². The van der Waals surface area contributed by atoms with Crippen LogP contribution in [0.25, 0.3) is 0 Å². The quantitative estimate of drug-likeness (QED) is 0.919. The predicted octanol–water partition coefficient (Wildman–Crippen LogP) is 2.24. The van der Waals surface area contributed by atoms with Crippen LogP contribution in [-0.2, 0) is 9.84 Å². The van der Waals surface area contributed by atoms with Crippen LogP contribution in [0.2, 0.25) is 0 Å². The molecule has 24 heavy (non-hydrogen) atoms. The van der Waals surface area contributed by atoms with Crippen molar-refractivity contribution in [3.63, 3.8) is 0 Å². The highest BCUT2D eigenvalue weighted by molar-refractivity contribution is 7.92. The molecule has 0 unspecified atom stereocenters. The van der Waals surface area contributed by atoms with Crippen molar-refractivity contribution < 1.29 is 17.9 Å².